The summed E-state index contributed by atoms with van der Waals surface area (Å²) in [7, 11) is 1.00. The highest BCUT2D eigenvalue weighted by atomic mass is 32.1. The molecule has 26 heavy (non-hydrogen) atoms. The smallest absolute Gasteiger partial charge is 0.256 e. The molecule has 0 bridgehead atoms. The molecule has 0 unspecified atom stereocenters. The van der Waals surface area contributed by atoms with Crippen LogP contribution < -0.4 is 5.32 Å². The van der Waals surface area contributed by atoms with Gasteiger partial charge >= 0.3 is 0 Å². The molecule has 0 atom stereocenters. The van der Waals surface area contributed by atoms with Gasteiger partial charge in [-0.2, -0.15) is 0 Å². The summed E-state index contributed by atoms with van der Waals surface area (Å²) in [6.07, 6.45) is 1.99. The minimum Gasteiger partial charge on any atom is -0.400 e. The van der Waals surface area contributed by atoms with Gasteiger partial charge in [-0.15, -0.1) is 11.3 Å². The summed E-state index contributed by atoms with van der Waals surface area (Å²) in [5.74, 6) is 0.557. The lowest BCUT2D eigenvalue weighted by Crippen LogP contribution is -2.13. The van der Waals surface area contributed by atoms with Gasteiger partial charge in [0.25, 0.3) is 5.91 Å². The third kappa shape index (κ3) is 3.51. The first-order valence-corrected chi connectivity index (χ1v) is 8.94. The van der Waals surface area contributed by atoms with Crippen LogP contribution in [0.2, 0.25) is 0 Å². The normalized spacial score (nSPS) is 10.3. The molecule has 0 saturated heterocycles. The van der Waals surface area contributed by atoms with Crippen LogP contribution in [0.5, 0.6) is 0 Å². The second kappa shape index (κ2) is 7.95. The molecular weight excluding hydrogens is 346 g/mol. The Morgan fingerprint density at radius 1 is 1.08 bits per heavy atom. The lowest BCUT2D eigenvalue weighted by Gasteiger charge is -2.07. The van der Waals surface area contributed by atoms with Crippen molar-refractivity contribution >= 4 is 28.7 Å². The van der Waals surface area contributed by atoms with Crippen molar-refractivity contribution in [2.24, 2.45) is 0 Å². The molecule has 0 fully saturated rings. The van der Waals surface area contributed by atoms with Crippen LogP contribution >= 0.6 is 11.3 Å². The first-order chi connectivity index (χ1) is 12.7. The molecule has 6 heteroatoms. The molecule has 1 amide bonds. The van der Waals surface area contributed by atoms with Crippen LogP contribution in [0, 0.1) is 6.92 Å². The Bertz CT molecular complexity index is 1010. The molecule has 0 aliphatic carbocycles. The van der Waals surface area contributed by atoms with E-state index in [1.54, 1.807) is 23.5 Å². The number of benzene rings is 1. The summed E-state index contributed by atoms with van der Waals surface area (Å²) in [6, 6.07) is 17.2. The third-order valence-electron chi connectivity index (χ3n) is 3.79. The van der Waals surface area contributed by atoms with Crippen molar-refractivity contribution in [3.05, 3.63) is 77.3 Å². The van der Waals surface area contributed by atoms with Gasteiger partial charge in [-0.05, 0) is 42.1 Å². The zero-order chi connectivity index (χ0) is 18.5. The lowest BCUT2D eigenvalue weighted by atomic mass is 10.2. The zero-order valence-electron chi connectivity index (χ0n) is 14.5. The van der Waals surface area contributed by atoms with E-state index in [2.05, 4.69) is 5.32 Å². The second-order valence-corrected chi connectivity index (χ2v) is 6.49. The highest BCUT2D eigenvalue weighted by molar-refractivity contribution is 7.13. The molecule has 4 aromatic rings. The SMILES string of the molecule is CO.Cc1ccc2nc(-c3cccs3)c(NC(=O)c3ccccc3)n2c1. The van der Waals surface area contributed by atoms with Crippen LogP contribution in [0.3, 0.4) is 0 Å². The van der Waals surface area contributed by atoms with Crippen LogP contribution in [-0.2, 0) is 0 Å². The molecule has 0 aliphatic rings. The minimum atomic E-state index is -0.142. The fourth-order valence-electron chi connectivity index (χ4n) is 2.62. The van der Waals surface area contributed by atoms with Crippen molar-refractivity contribution < 1.29 is 9.90 Å². The molecule has 0 radical (unpaired) electrons. The number of imidazole rings is 1. The fourth-order valence-corrected chi connectivity index (χ4v) is 3.34. The average molecular weight is 365 g/mol. The second-order valence-electron chi connectivity index (χ2n) is 5.54. The molecule has 1 aromatic carbocycles. The summed E-state index contributed by atoms with van der Waals surface area (Å²) < 4.78 is 1.94. The minimum absolute atomic E-state index is 0.142. The number of carbonyl (C=O) groups excluding carboxylic acids is 1. The summed E-state index contributed by atoms with van der Waals surface area (Å²) in [4.78, 5) is 18.3. The van der Waals surface area contributed by atoms with E-state index in [1.165, 1.54) is 0 Å². The van der Waals surface area contributed by atoms with E-state index in [4.69, 9.17) is 10.1 Å². The summed E-state index contributed by atoms with van der Waals surface area (Å²) in [5.41, 5.74) is 3.33. The van der Waals surface area contributed by atoms with Gasteiger partial charge in [-0.3, -0.25) is 9.20 Å². The molecule has 0 saturated carbocycles. The number of aliphatic hydroxyl groups excluding tert-OH is 1. The van der Waals surface area contributed by atoms with Gasteiger partial charge < -0.3 is 10.4 Å². The number of pyridine rings is 1. The van der Waals surface area contributed by atoms with Gasteiger partial charge in [0.2, 0.25) is 0 Å². The average Bonchev–Trinajstić information content (AvgIpc) is 3.32. The topological polar surface area (TPSA) is 66.6 Å². The predicted octanol–water partition coefficient (Wildman–Crippen LogP) is 4.23. The van der Waals surface area contributed by atoms with Gasteiger partial charge in [-0.25, -0.2) is 4.98 Å². The number of rotatable bonds is 3. The number of nitrogens with one attached hydrogen (secondary N) is 1. The maximum absolute atomic E-state index is 12.6. The first kappa shape index (κ1) is 17.8. The van der Waals surface area contributed by atoms with Crippen LogP contribution in [0.25, 0.3) is 16.2 Å². The van der Waals surface area contributed by atoms with Gasteiger partial charge in [0, 0.05) is 18.9 Å². The van der Waals surface area contributed by atoms with Crippen LogP contribution in [0.1, 0.15) is 15.9 Å². The number of hydrogen-bond acceptors (Lipinski definition) is 4. The Morgan fingerprint density at radius 2 is 1.85 bits per heavy atom. The molecule has 0 aliphatic heterocycles. The van der Waals surface area contributed by atoms with Gasteiger partial charge in [0.05, 0.1) is 4.88 Å². The Hall–Kier alpha value is -2.96. The quantitative estimate of drug-likeness (QED) is 0.571. The number of fused-ring (bicyclic) bond motifs is 1. The molecule has 3 heterocycles. The highest BCUT2D eigenvalue weighted by Gasteiger charge is 2.17. The van der Waals surface area contributed by atoms with E-state index < -0.39 is 0 Å². The van der Waals surface area contributed by atoms with Crippen molar-refractivity contribution in [2.75, 3.05) is 12.4 Å². The Kier molecular flexibility index (Phi) is 5.46. The number of aliphatic hydroxyl groups is 1. The van der Waals surface area contributed by atoms with Crippen LogP contribution in [0.15, 0.2) is 66.2 Å². The summed E-state index contributed by atoms with van der Waals surface area (Å²) in [5, 5.41) is 12.0. The van der Waals surface area contributed by atoms with Gasteiger partial charge in [0.1, 0.15) is 17.2 Å². The Balaban J connectivity index is 0.000000948. The summed E-state index contributed by atoms with van der Waals surface area (Å²) >= 11 is 1.61. The van der Waals surface area contributed by atoms with Crippen LogP contribution in [0.4, 0.5) is 5.82 Å². The highest BCUT2D eigenvalue weighted by Crippen LogP contribution is 2.32. The number of aromatic nitrogens is 2. The monoisotopic (exact) mass is 365 g/mol. The first-order valence-electron chi connectivity index (χ1n) is 8.06. The van der Waals surface area contributed by atoms with Crippen LogP contribution in [-0.4, -0.2) is 27.5 Å². The number of hydrogen-bond donors (Lipinski definition) is 2. The third-order valence-corrected chi connectivity index (χ3v) is 4.67. The number of aryl methyl sites for hydroxylation is 1. The van der Waals surface area contributed by atoms with Crippen molar-refractivity contribution in [2.45, 2.75) is 6.92 Å². The predicted molar refractivity (Wildman–Crippen MR) is 106 cm³/mol. The maximum Gasteiger partial charge on any atom is 0.256 e. The van der Waals surface area contributed by atoms with Gasteiger partial charge in [-0.1, -0.05) is 30.3 Å². The molecule has 132 valence electrons. The standard InChI is InChI=1S/C19H15N3OS.CH4O/c1-13-9-10-16-20-17(15-8-5-11-24-15)18(22(16)12-13)21-19(23)14-6-3-2-4-7-14;1-2/h2-12H,1H3,(H,21,23);2H,1H3. The lowest BCUT2D eigenvalue weighted by molar-refractivity contribution is 0.102. The Labute approximate surface area is 155 Å². The van der Waals surface area contributed by atoms with Crippen molar-refractivity contribution in [1.29, 1.82) is 0 Å². The zero-order valence-corrected chi connectivity index (χ0v) is 15.3. The number of nitrogens with zero attached hydrogens (tertiary/aromatic N) is 2. The molecule has 4 rings (SSSR count). The maximum atomic E-state index is 12.6. The van der Waals surface area contributed by atoms with Crippen molar-refractivity contribution in [1.82, 2.24) is 9.38 Å². The number of anilines is 1. The van der Waals surface area contributed by atoms with E-state index in [1.807, 2.05) is 65.4 Å². The molecular formula is C20H19N3O2S. The number of thiophene rings is 1. The fraction of sp³-hybridized carbons (Fsp3) is 0.100. The molecule has 0 spiro atoms. The molecule has 2 N–H and O–H groups in total. The molecule has 3 aromatic heterocycles. The van der Waals surface area contributed by atoms with E-state index in [-0.39, 0.29) is 5.91 Å². The largest absolute Gasteiger partial charge is 0.400 e. The van der Waals surface area contributed by atoms with Crippen molar-refractivity contribution in [3.63, 3.8) is 0 Å². The Morgan fingerprint density at radius 3 is 2.54 bits per heavy atom. The van der Waals surface area contributed by atoms with Crippen molar-refractivity contribution in [3.8, 4) is 10.6 Å². The molecule has 5 nitrogen and oxygen atoms in total. The number of amides is 1. The van der Waals surface area contributed by atoms with E-state index in [9.17, 15) is 4.79 Å². The van der Waals surface area contributed by atoms with E-state index in [0.29, 0.717) is 11.4 Å². The van der Waals surface area contributed by atoms with E-state index in [0.717, 1.165) is 28.9 Å². The summed E-state index contributed by atoms with van der Waals surface area (Å²) in [6.45, 7) is 2.02. The number of carbonyl (C=O) groups is 1. The van der Waals surface area contributed by atoms with Gasteiger partial charge in [0.15, 0.2) is 0 Å². The van der Waals surface area contributed by atoms with E-state index >= 15 is 0 Å².